The predicted octanol–water partition coefficient (Wildman–Crippen LogP) is 0.735. The Balaban J connectivity index is 2.14. The van der Waals surface area contributed by atoms with Crippen molar-refractivity contribution in [2.45, 2.75) is 24.8 Å². The van der Waals surface area contributed by atoms with E-state index in [4.69, 9.17) is 4.74 Å². The van der Waals surface area contributed by atoms with E-state index in [0.717, 1.165) is 19.3 Å². The van der Waals surface area contributed by atoms with Gasteiger partial charge in [-0.3, -0.25) is 9.78 Å². The summed E-state index contributed by atoms with van der Waals surface area (Å²) in [5.41, 5.74) is 0.00738. The molecule has 2 N–H and O–H groups in total. The van der Waals surface area contributed by atoms with E-state index in [2.05, 4.69) is 10.3 Å². The summed E-state index contributed by atoms with van der Waals surface area (Å²) in [5.74, 6) is 0.218. The number of nitrogens with zero attached hydrogens (tertiary/aromatic N) is 1. The number of aromatic nitrogens is 1. The molecular weight excluding hydrogens is 220 g/mol. The van der Waals surface area contributed by atoms with Crippen LogP contribution in [-0.4, -0.2) is 35.3 Å². The number of carbonyl (C=O) groups excluding carboxylic acids is 1. The minimum atomic E-state index is -0.439. The van der Waals surface area contributed by atoms with Gasteiger partial charge in [0.25, 0.3) is 5.91 Å². The van der Waals surface area contributed by atoms with Crippen molar-refractivity contribution in [2.24, 2.45) is 0 Å². The highest BCUT2D eigenvalue weighted by Gasteiger charge is 2.38. The summed E-state index contributed by atoms with van der Waals surface area (Å²) in [4.78, 5) is 16.0. The van der Waals surface area contributed by atoms with Gasteiger partial charge in [-0.05, 0) is 25.3 Å². The van der Waals surface area contributed by atoms with E-state index in [1.807, 2.05) is 0 Å². The summed E-state index contributed by atoms with van der Waals surface area (Å²) in [5, 5.41) is 12.2. The van der Waals surface area contributed by atoms with Crippen LogP contribution in [-0.2, 0) is 0 Å². The summed E-state index contributed by atoms with van der Waals surface area (Å²) in [7, 11) is 1.50. The van der Waals surface area contributed by atoms with Crippen LogP contribution in [0, 0.1) is 0 Å². The van der Waals surface area contributed by atoms with Crippen molar-refractivity contribution in [3.8, 4) is 5.75 Å². The average molecular weight is 236 g/mol. The van der Waals surface area contributed by atoms with Crippen LogP contribution in [0.25, 0.3) is 0 Å². The molecule has 17 heavy (non-hydrogen) atoms. The summed E-state index contributed by atoms with van der Waals surface area (Å²) >= 11 is 0. The topological polar surface area (TPSA) is 71.5 Å². The molecule has 1 aliphatic rings. The van der Waals surface area contributed by atoms with Crippen LogP contribution in [0.1, 0.15) is 29.6 Å². The van der Waals surface area contributed by atoms with Gasteiger partial charge in [-0.2, -0.15) is 0 Å². The molecule has 0 aromatic carbocycles. The molecule has 1 heterocycles. The van der Waals surface area contributed by atoms with Gasteiger partial charge in [0.1, 0.15) is 5.75 Å². The molecule has 1 aliphatic carbocycles. The zero-order valence-electron chi connectivity index (χ0n) is 9.77. The Bertz CT molecular complexity index is 410. The van der Waals surface area contributed by atoms with Crippen molar-refractivity contribution in [1.82, 2.24) is 10.3 Å². The molecule has 1 amide bonds. The largest absolute Gasteiger partial charge is 0.494 e. The molecule has 5 heteroatoms. The first-order valence-electron chi connectivity index (χ1n) is 5.62. The number of hydrogen-bond acceptors (Lipinski definition) is 4. The van der Waals surface area contributed by atoms with Crippen LogP contribution in [0.3, 0.4) is 0 Å². The van der Waals surface area contributed by atoms with E-state index < -0.39 is 5.54 Å². The number of aliphatic hydroxyl groups is 1. The van der Waals surface area contributed by atoms with Crippen LogP contribution >= 0.6 is 0 Å². The molecule has 0 radical (unpaired) electrons. The quantitative estimate of drug-likeness (QED) is 0.808. The molecule has 0 aliphatic heterocycles. The van der Waals surface area contributed by atoms with Gasteiger partial charge in [-0.15, -0.1) is 0 Å². The number of hydrogen-bond donors (Lipinski definition) is 2. The smallest absolute Gasteiger partial charge is 0.255 e. The van der Waals surface area contributed by atoms with Crippen LogP contribution < -0.4 is 10.1 Å². The maximum Gasteiger partial charge on any atom is 0.255 e. The zero-order chi connectivity index (χ0) is 12.3. The lowest BCUT2D eigenvalue weighted by Crippen LogP contribution is -2.56. The van der Waals surface area contributed by atoms with E-state index >= 15 is 0 Å². The molecule has 2 rings (SSSR count). The Labute approximate surface area is 99.8 Å². The van der Waals surface area contributed by atoms with Crippen LogP contribution in [0.15, 0.2) is 18.5 Å². The van der Waals surface area contributed by atoms with E-state index in [0.29, 0.717) is 11.3 Å². The molecule has 1 aromatic rings. The van der Waals surface area contributed by atoms with Crippen LogP contribution in [0.4, 0.5) is 0 Å². The first-order chi connectivity index (χ1) is 8.21. The fraction of sp³-hybridized carbons (Fsp3) is 0.500. The van der Waals surface area contributed by atoms with Crippen molar-refractivity contribution in [2.75, 3.05) is 13.7 Å². The highest BCUT2D eigenvalue weighted by atomic mass is 16.5. The third-order valence-electron chi connectivity index (χ3n) is 3.24. The van der Waals surface area contributed by atoms with Crippen LogP contribution in [0.5, 0.6) is 5.75 Å². The molecule has 5 nitrogen and oxygen atoms in total. The highest BCUT2D eigenvalue weighted by Crippen LogP contribution is 2.31. The summed E-state index contributed by atoms with van der Waals surface area (Å²) < 4.78 is 5.08. The van der Waals surface area contributed by atoms with E-state index in [-0.39, 0.29) is 12.5 Å². The molecule has 0 unspecified atom stereocenters. The van der Waals surface area contributed by atoms with E-state index in [1.54, 1.807) is 12.3 Å². The van der Waals surface area contributed by atoms with E-state index in [1.165, 1.54) is 13.3 Å². The molecular formula is C12H16N2O3. The Hall–Kier alpha value is -1.62. The number of carbonyl (C=O) groups is 1. The van der Waals surface area contributed by atoms with Gasteiger partial charge >= 0.3 is 0 Å². The van der Waals surface area contributed by atoms with Gasteiger partial charge in [0, 0.05) is 6.20 Å². The lowest BCUT2D eigenvalue weighted by molar-refractivity contribution is 0.0639. The van der Waals surface area contributed by atoms with Crippen LogP contribution in [0.2, 0.25) is 0 Å². The summed E-state index contributed by atoms with van der Waals surface area (Å²) in [6.45, 7) is -0.0217. The molecule has 0 atom stereocenters. The molecule has 0 bridgehead atoms. The SMILES string of the molecule is COc1cnccc1C(=O)NC1(CO)CCC1. The molecule has 1 fully saturated rings. The standard InChI is InChI=1S/C12H16N2O3/c1-17-10-7-13-6-3-9(10)11(16)14-12(8-15)4-2-5-12/h3,6-7,15H,2,4-5,8H2,1H3,(H,14,16). The molecule has 1 saturated carbocycles. The number of pyridine rings is 1. The number of rotatable bonds is 4. The summed E-state index contributed by atoms with van der Waals surface area (Å²) in [6, 6.07) is 1.61. The number of nitrogens with one attached hydrogen (secondary N) is 1. The maximum absolute atomic E-state index is 12.1. The minimum absolute atomic E-state index is 0.0217. The normalized spacial score (nSPS) is 17.1. The zero-order valence-corrected chi connectivity index (χ0v) is 9.77. The fourth-order valence-corrected chi connectivity index (χ4v) is 1.96. The first kappa shape index (κ1) is 11.9. The van der Waals surface area contributed by atoms with Crippen molar-refractivity contribution < 1.29 is 14.6 Å². The Morgan fingerprint density at radius 1 is 1.65 bits per heavy atom. The minimum Gasteiger partial charge on any atom is -0.494 e. The van der Waals surface area contributed by atoms with Crippen molar-refractivity contribution >= 4 is 5.91 Å². The van der Waals surface area contributed by atoms with Crippen molar-refractivity contribution in [1.29, 1.82) is 0 Å². The van der Waals surface area contributed by atoms with Gasteiger partial charge in [-0.1, -0.05) is 0 Å². The lowest BCUT2D eigenvalue weighted by atomic mass is 9.77. The predicted molar refractivity (Wildman–Crippen MR) is 61.9 cm³/mol. The number of methoxy groups -OCH3 is 1. The maximum atomic E-state index is 12.1. The van der Waals surface area contributed by atoms with Crippen molar-refractivity contribution in [3.05, 3.63) is 24.0 Å². The Morgan fingerprint density at radius 3 is 2.94 bits per heavy atom. The number of ether oxygens (including phenoxy) is 1. The molecule has 1 aromatic heterocycles. The average Bonchev–Trinajstić information content (AvgIpc) is 2.33. The van der Waals surface area contributed by atoms with Gasteiger partial charge in [0.2, 0.25) is 0 Å². The molecule has 92 valence electrons. The van der Waals surface area contributed by atoms with Crippen molar-refractivity contribution in [3.63, 3.8) is 0 Å². The van der Waals surface area contributed by atoms with Gasteiger partial charge in [0.15, 0.2) is 0 Å². The monoisotopic (exact) mass is 236 g/mol. The highest BCUT2D eigenvalue weighted by molar-refractivity contribution is 5.97. The Kier molecular flexibility index (Phi) is 3.28. The summed E-state index contributed by atoms with van der Waals surface area (Å²) in [6.07, 6.45) is 5.73. The van der Waals surface area contributed by atoms with Gasteiger partial charge in [0.05, 0.1) is 31.0 Å². The van der Waals surface area contributed by atoms with E-state index in [9.17, 15) is 9.90 Å². The fourth-order valence-electron chi connectivity index (χ4n) is 1.96. The Morgan fingerprint density at radius 2 is 2.41 bits per heavy atom. The van der Waals surface area contributed by atoms with Gasteiger partial charge < -0.3 is 15.2 Å². The van der Waals surface area contributed by atoms with Gasteiger partial charge in [-0.25, -0.2) is 0 Å². The second kappa shape index (κ2) is 4.71. The lowest BCUT2D eigenvalue weighted by Gasteiger charge is -2.41. The third-order valence-corrected chi connectivity index (χ3v) is 3.24. The number of amides is 1. The second-order valence-corrected chi connectivity index (χ2v) is 4.32. The number of aliphatic hydroxyl groups excluding tert-OH is 1. The first-order valence-corrected chi connectivity index (χ1v) is 5.62. The third kappa shape index (κ3) is 2.24. The molecule has 0 saturated heterocycles. The molecule has 0 spiro atoms. The second-order valence-electron chi connectivity index (χ2n) is 4.32.